The molecule has 2 amide bonds. The molecule has 0 aromatic carbocycles. The Hall–Kier alpha value is -1.07. The summed E-state index contributed by atoms with van der Waals surface area (Å²) in [5.74, 6) is 0.406. The maximum Gasteiger partial charge on any atom is 0.315 e. The molecule has 0 aliphatic carbocycles. The van der Waals surface area contributed by atoms with Crippen LogP contribution in [0.3, 0.4) is 0 Å². The highest BCUT2D eigenvalue weighted by atomic mass is 32.1. The van der Waals surface area contributed by atoms with Gasteiger partial charge in [0.05, 0.1) is 12.6 Å². The molecule has 0 aliphatic rings. The highest BCUT2D eigenvalue weighted by Crippen LogP contribution is 2.13. The van der Waals surface area contributed by atoms with Crippen LogP contribution in [-0.2, 0) is 6.42 Å². The quantitative estimate of drug-likeness (QED) is 0.709. The summed E-state index contributed by atoms with van der Waals surface area (Å²) in [6, 6.07) is 3.80. The van der Waals surface area contributed by atoms with Gasteiger partial charge < -0.3 is 15.7 Å². The molecule has 5 heteroatoms. The summed E-state index contributed by atoms with van der Waals surface area (Å²) in [6.07, 6.45) is 1.71. The number of thiophene rings is 1. The highest BCUT2D eigenvalue weighted by Gasteiger charge is 2.10. The van der Waals surface area contributed by atoms with Crippen LogP contribution >= 0.6 is 11.3 Å². The van der Waals surface area contributed by atoms with E-state index in [0.717, 1.165) is 12.8 Å². The summed E-state index contributed by atoms with van der Waals surface area (Å²) in [6.45, 7) is 4.67. The van der Waals surface area contributed by atoms with Gasteiger partial charge in [-0.05, 0) is 30.2 Å². The smallest absolute Gasteiger partial charge is 0.315 e. The van der Waals surface area contributed by atoms with Crippen molar-refractivity contribution in [2.75, 3.05) is 13.2 Å². The van der Waals surface area contributed by atoms with Gasteiger partial charge in [-0.25, -0.2) is 4.79 Å². The van der Waals surface area contributed by atoms with Crippen molar-refractivity contribution >= 4 is 17.4 Å². The average molecular weight is 270 g/mol. The summed E-state index contributed by atoms with van der Waals surface area (Å²) in [5.41, 5.74) is 0. The number of aliphatic hydroxyl groups excluding tert-OH is 1. The summed E-state index contributed by atoms with van der Waals surface area (Å²) in [5, 5.41) is 16.6. The Balaban J connectivity index is 2.21. The lowest BCUT2D eigenvalue weighted by Gasteiger charge is -2.16. The zero-order valence-corrected chi connectivity index (χ0v) is 11.8. The summed E-state index contributed by atoms with van der Waals surface area (Å²) >= 11 is 1.74. The van der Waals surface area contributed by atoms with Gasteiger partial charge in [0.1, 0.15) is 0 Å². The number of carbonyl (C=O) groups is 1. The Kier molecular flexibility index (Phi) is 6.75. The zero-order valence-electron chi connectivity index (χ0n) is 11.0. The van der Waals surface area contributed by atoms with E-state index in [1.54, 1.807) is 11.3 Å². The topological polar surface area (TPSA) is 61.4 Å². The van der Waals surface area contributed by atoms with Crippen molar-refractivity contribution in [3.8, 4) is 0 Å². The second-order valence-corrected chi connectivity index (χ2v) is 5.56. The first-order chi connectivity index (χ1) is 8.65. The molecule has 0 aliphatic heterocycles. The van der Waals surface area contributed by atoms with Gasteiger partial charge in [-0.2, -0.15) is 0 Å². The maximum absolute atomic E-state index is 11.5. The molecule has 102 valence electrons. The molecule has 0 radical (unpaired) electrons. The van der Waals surface area contributed by atoms with Gasteiger partial charge in [0.2, 0.25) is 0 Å². The van der Waals surface area contributed by atoms with Crippen LogP contribution < -0.4 is 10.6 Å². The molecule has 1 rings (SSSR count). The second kappa shape index (κ2) is 8.11. The number of rotatable bonds is 7. The molecule has 0 bridgehead atoms. The van der Waals surface area contributed by atoms with Gasteiger partial charge in [-0.3, -0.25) is 0 Å². The minimum absolute atomic E-state index is 0.0192. The molecule has 1 aromatic heterocycles. The third-order valence-electron chi connectivity index (χ3n) is 2.79. The predicted molar refractivity (Wildman–Crippen MR) is 74.9 cm³/mol. The minimum atomic E-state index is -0.200. The van der Waals surface area contributed by atoms with E-state index in [1.165, 1.54) is 4.88 Å². The van der Waals surface area contributed by atoms with Crippen molar-refractivity contribution in [2.24, 2.45) is 5.92 Å². The maximum atomic E-state index is 11.5. The van der Waals surface area contributed by atoms with E-state index in [4.69, 9.17) is 5.11 Å². The van der Waals surface area contributed by atoms with Crippen LogP contribution in [0.1, 0.15) is 25.1 Å². The average Bonchev–Trinajstić information content (AvgIpc) is 2.86. The van der Waals surface area contributed by atoms with Crippen molar-refractivity contribution in [1.29, 1.82) is 0 Å². The van der Waals surface area contributed by atoms with Crippen molar-refractivity contribution in [3.05, 3.63) is 22.4 Å². The van der Waals surface area contributed by atoms with Crippen molar-refractivity contribution in [3.63, 3.8) is 0 Å². The molecule has 3 N–H and O–H groups in total. The van der Waals surface area contributed by atoms with Crippen molar-refractivity contribution in [2.45, 2.75) is 32.7 Å². The van der Waals surface area contributed by atoms with Crippen molar-refractivity contribution < 1.29 is 9.90 Å². The predicted octanol–water partition coefficient (Wildman–Crippen LogP) is 2.00. The first kappa shape index (κ1) is 15.0. The number of hydrogen-bond acceptors (Lipinski definition) is 3. The standard InChI is InChI=1S/C13H22N2O2S/c1-3-11(9-16)15-13(17)14-8-10(2)7-12-5-4-6-18-12/h4-6,10-11,16H,3,7-9H2,1-2H3,(H2,14,15,17). The second-order valence-electron chi connectivity index (χ2n) is 4.53. The highest BCUT2D eigenvalue weighted by molar-refractivity contribution is 7.09. The monoisotopic (exact) mass is 270 g/mol. The van der Waals surface area contributed by atoms with Crippen LogP contribution in [-0.4, -0.2) is 30.3 Å². The molecule has 0 fully saturated rings. The molecule has 1 heterocycles. The molecule has 2 atom stereocenters. The molecule has 0 spiro atoms. The van der Waals surface area contributed by atoms with E-state index in [1.807, 2.05) is 13.0 Å². The van der Waals surface area contributed by atoms with E-state index in [0.29, 0.717) is 12.5 Å². The Morgan fingerprint density at radius 1 is 1.56 bits per heavy atom. The van der Waals surface area contributed by atoms with E-state index < -0.39 is 0 Å². The fourth-order valence-electron chi connectivity index (χ4n) is 1.62. The third-order valence-corrected chi connectivity index (χ3v) is 3.69. The van der Waals surface area contributed by atoms with Crippen LogP contribution in [0, 0.1) is 5.92 Å². The van der Waals surface area contributed by atoms with Gasteiger partial charge in [-0.1, -0.05) is 19.9 Å². The molecular formula is C13H22N2O2S. The van der Waals surface area contributed by atoms with Crippen LogP contribution in [0.5, 0.6) is 0 Å². The first-order valence-electron chi connectivity index (χ1n) is 6.33. The molecule has 2 unspecified atom stereocenters. The normalized spacial score (nSPS) is 13.9. The number of aliphatic hydroxyl groups is 1. The lowest BCUT2D eigenvalue weighted by atomic mass is 10.1. The number of hydrogen-bond donors (Lipinski definition) is 3. The van der Waals surface area contributed by atoms with Gasteiger partial charge in [0.25, 0.3) is 0 Å². The Morgan fingerprint density at radius 2 is 2.33 bits per heavy atom. The van der Waals surface area contributed by atoms with E-state index in [2.05, 4.69) is 29.0 Å². The molecule has 18 heavy (non-hydrogen) atoms. The van der Waals surface area contributed by atoms with Crippen LogP contribution in [0.2, 0.25) is 0 Å². The number of carbonyl (C=O) groups excluding carboxylic acids is 1. The Bertz CT molecular complexity index is 337. The largest absolute Gasteiger partial charge is 0.394 e. The van der Waals surface area contributed by atoms with E-state index in [9.17, 15) is 4.79 Å². The summed E-state index contributed by atoms with van der Waals surface area (Å²) in [4.78, 5) is 12.9. The van der Waals surface area contributed by atoms with Crippen molar-refractivity contribution in [1.82, 2.24) is 10.6 Å². The van der Waals surface area contributed by atoms with Crippen LogP contribution in [0.25, 0.3) is 0 Å². The van der Waals surface area contributed by atoms with Gasteiger partial charge in [0, 0.05) is 11.4 Å². The number of nitrogens with one attached hydrogen (secondary N) is 2. The van der Waals surface area contributed by atoms with Crippen LogP contribution in [0.15, 0.2) is 17.5 Å². The number of urea groups is 1. The third kappa shape index (κ3) is 5.51. The number of amides is 2. The molecule has 0 saturated carbocycles. The van der Waals surface area contributed by atoms with E-state index >= 15 is 0 Å². The summed E-state index contributed by atoms with van der Waals surface area (Å²) < 4.78 is 0. The van der Waals surface area contributed by atoms with Crippen LogP contribution in [0.4, 0.5) is 4.79 Å². The Labute approximate surface area is 112 Å². The lowest BCUT2D eigenvalue weighted by Crippen LogP contribution is -2.44. The molecule has 1 aromatic rings. The fourth-order valence-corrected chi connectivity index (χ4v) is 2.49. The fraction of sp³-hybridized carbons (Fsp3) is 0.615. The van der Waals surface area contributed by atoms with Gasteiger partial charge >= 0.3 is 6.03 Å². The van der Waals surface area contributed by atoms with Gasteiger partial charge in [-0.15, -0.1) is 11.3 Å². The van der Waals surface area contributed by atoms with Gasteiger partial charge in [0.15, 0.2) is 0 Å². The molecular weight excluding hydrogens is 248 g/mol. The molecule has 4 nitrogen and oxygen atoms in total. The lowest BCUT2D eigenvalue weighted by molar-refractivity contribution is 0.213. The SMILES string of the molecule is CCC(CO)NC(=O)NCC(C)Cc1cccs1. The molecule has 0 saturated heterocycles. The summed E-state index contributed by atoms with van der Waals surface area (Å²) in [7, 11) is 0. The zero-order chi connectivity index (χ0) is 13.4. The van der Waals surface area contributed by atoms with E-state index in [-0.39, 0.29) is 18.7 Å². The minimum Gasteiger partial charge on any atom is -0.394 e. The Morgan fingerprint density at radius 3 is 2.89 bits per heavy atom. The first-order valence-corrected chi connectivity index (χ1v) is 7.21.